The molecule has 1 aliphatic rings. The maximum absolute atomic E-state index is 12.9. The van der Waals surface area contributed by atoms with Gasteiger partial charge in [0.05, 0.1) is 4.87 Å². The number of nitrogens with one attached hydrogen (secondary N) is 1. The van der Waals surface area contributed by atoms with E-state index in [9.17, 15) is 9.59 Å². The summed E-state index contributed by atoms with van der Waals surface area (Å²) >= 11 is 4.38. The molecular weight excluding hydrogens is 320 g/mol. The van der Waals surface area contributed by atoms with Crippen molar-refractivity contribution in [1.82, 2.24) is 10.2 Å². The largest absolute Gasteiger partial charge is 0.340 e. The van der Waals surface area contributed by atoms with Crippen LogP contribution in [0.5, 0.6) is 0 Å². The Hall–Kier alpha value is -2.27. The molecule has 0 saturated heterocycles. The molecule has 4 nitrogen and oxygen atoms in total. The molecule has 124 valence electrons. The molecule has 0 aromatic heterocycles. The number of thiol groups is 1. The van der Waals surface area contributed by atoms with Crippen LogP contribution in [-0.2, 0) is 11.3 Å². The minimum absolute atomic E-state index is 0.119. The smallest absolute Gasteiger partial charge is 0.255 e. The predicted octanol–water partition coefficient (Wildman–Crippen LogP) is 3.17. The van der Waals surface area contributed by atoms with Gasteiger partial charge < -0.3 is 10.2 Å². The first-order valence-corrected chi connectivity index (χ1v) is 8.30. The van der Waals surface area contributed by atoms with Crippen LogP contribution < -0.4 is 5.32 Å². The van der Waals surface area contributed by atoms with E-state index < -0.39 is 10.9 Å². The summed E-state index contributed by atoms with van der Waals surface area (Å²) in [5.41, 5.74) is 2.39. The first-order chi connectivity index (χ1) is 11.4. The monoisotopic (exact) mass is 340 g/mol. The molecule has 1 N–H and O–H groups in total. The van der Waals surface area contributed by atoms with E-state index in [0.717, 1.165) is 11.1 Å². The molecule has 0 spiro atoms. The molecule has 1 heterocycles. The quantitative estimate of drug-likeness (QED) is 0.663. The van der Waals surface area contributed by atoms with Crippen LogP contribution in [0.25, 0.3) is 0 Å². The summed E-state index contributed by atoms with van der Waals surface area (Å²) in [4.78, 5) is 26.7. The van der Waals surface area contributed by atoms with Gasteiger partial charge in [0.25, 0.3) is 5.91 Å². The average molecular weight is 340 g/mol. The number of hydrogen-bond acceptors (Lipinski definition) is 3. The lowest BCUT2D eigenvalue weighted by atomic mass is 10.0. The number of benzene rings is 2. The standard InChI is InChI=1S/C19H20N2O2S/c1-19(2,24)20-17(22)16(13-8-4-3-5-9-13)21-12-14-10-6-7-11-15(14)18(21)23/h3-11,16,24H,12H2,1-2H3,(H,20,22)/t16-/m0/s1. The Balaban J connectivity index is 1.98. The van der Waals surface area contributed by atoms with Gasteiger partial charge in [0.2, 0.25) is 5.91 Å². The third-order valence-corrected chi connectivity index (χ3v) is 4.07. The van der Waals surface area contributed by atoms with E-state index in [1.54, 1.807) is 24.8 Å². The second kappa shape index (κ2) is 6.32. The summed E-state index contributed by atoms with van der Waals surface area (Å²) in [6.07, 6.45) is 0. The summed E-state index contributed by atoms with van der Waals surface area (Å²) in [5.74, 6) is -0.353. The van der Waals surface area contributed by atoms with Crippen LogP contribution >= 0.6 is 12.6 Å². The van der Waals surface area contributed by atoms with Crippen LogP contribution in [0.4, 0.5) is 0 Å². The van der Waals surface area contributed by atoms with Crippen molar-refractivity contribution < 1.29 is 9.59 Å². The number of fused-ring (bicyclic) bond motifs is 1. The lowest BCUT2D eigenvalue weighted by Crippen LogP contribution is -2.46. The van der Waals surface area contributed by atoms with Gasteiger partial charge in [-0.1, -0.05) is 48.5 Å². The molecule has 0 bridgehead atoms. The van der Waals surface area contributed by atoms with Gasteiger partial charge in [-0.05, 0) is 31.0 Å². The molecule has 0 fully saturated rings. The number of hydrogen-bond donors (Lipinski definition) is 2. The van der Waals surface area contributed by atoms with Gasteiger partial charge in [-0.25, -0.2) is 0 Å². The van der Waals surface area contributed by atoms with E-state index in [4.69, 9.17) is 0 Å². The van der Waals surface area contributed by atoms with E-state index in [2.05, 4.69) is 17.9 Å². The highest BCUT2D eigenvalue weighted by atomic mass is 32.1. The highest BCUT2D eigenvalue weighted by Gasteiger charge is 2.38. The van der Waals surface area contributed by atoms with E-state index in [0.29, 0.717) is 12.1 Å². The summed E-state index contributed by atoms with van der Waals surface area (Å²) < 4.78 is 0. The van der Waals surface area contributed by atoms with Crippen molar-refractivity contribution in [3.05, 3.63) is 71.3 Å². The van der Waals surface area contributed by atoms with Gasteiger partial charge in [0.1, 0.15) is 6.04 Å². The van der Waals surface area contributed by atoms with Crippen LogP contribution in [0.3, 0.4) is 0 Å². The van der Waals surface area contributed by atoms with Gasteiger partial charge in [0, 0.05) is 12.1 Å². The van der Waals surface area contributed by atoms with E-state index in [1.165, 1.54) is 0 Å². The lowest BCUT2D eigenvalue weighted by molar-refractivity contribution is -0.126. The molecule has 1 atom stereocenters. The fourth-order valence-corrected chi connectivity index (χ4v) is 3.07. The van der Waals surface area contributed by atoms with Crippen LogP contribution in [0.2, 0.25) is 0 Å². The Morgan fingerprint density at radius 2 is 1.75 bits per heavy atom. The van der Waals surface area contributed by atoms with Gasteiger partial charge in [-0.2, -0.15) is 12.6 Å². The maximum Gasteiger partial charge on any atom is 0.255 e. The highest BCUT2D eigenvalue weighted by molar-refractivity contribution is 7.81. The zero-order valence-corrected chi connectivity index (χ0v) is 14.6. The zero-order chi connectivity index (χ0) is 17.3. The van der Waals surface area contributed by atoms with Gasteiger partial charge in [-0.3, -0.25) is 9.59 Å². The Morgan fingerprint density at radius 3 is 2.38 bits per heavy atom. The van der Waals surface area contributed by atoms with Crippen LogP contribution in [0.15, 0.2) is 54.6 Å². The van der Waals surface area contributed by atoms with E-state index >= 15 is 0 Å². The van der Waals surface area contributed by atoms with Crippen molar-refractivity contribution >= 4 is 24.4 Å². The fraction of sp³-hybridized carbons (Fsp3) is 0.263. The van der Waals surface area contributed by atoms with Crippen molar-refractivity contribution in [2.24, 2.45) is 0 Å². The topological polar surface area (TPSA) is 49.4 Å². The molecule has 0 unspecified atom stereocenters. The third-order valence-electron chi connectivity index (χ3n) is 3.95. The number of rotatable bonds is 4. The second-order valence-corrected chi connectivity index (χ2v) is 7.57. The molecule has 2 aromatic rings. The fourth-order valence-electron chi connectivity index (χ4n) is 2.96. The number of carbonyl (C=O) groups excluding carboxylic acids is 2. The minimum atomic E-state index is -0.683. The van der Waals surface area contributed by atoms with Crippen LogP contribution in [0.1, 0.15) is 41.4 Å². The Kier molecular flexibility index (Phi) is 4.37. The van der Waals surface area contributed by atoms with Crippen molar-refractivity contribution in [2.75, 3.05) is 0 Å². The third kappa shape index (κ3) is 3.31. The van der Waals surface area contributed by atoms with E-state index in [-0.39, 0.29) is 11.8 Å². The number of amides is 2. The Bertz CT molecular complexity index is 768. The molecule has 2 amide bonds. The first-order valence-electron chi connectivity index (χ1n) is 7.85. The van der Waals surface area contributed by atoms with Gasteiger partial charge in [-0.15, -0.1) is 0 Å². The number of nitrogens with zero attached hydrogens (tertiary/aromatic N) is 1. The summed E-state index contributed by atoms with van der Waals surface area (Å²) in [7, 11) is 0. The second-order valence-electron chi connectivity index (χ2n) is 6.45. The summed E-state index contributed by atoms with van der Waals surface area (Å²) in [6, 6.07) is 16.2. The Labute approximate surface area is 147 Å². The molecule has 2 aromatic carbocycles. The summed E-state index contributed by atoms with van der Waals surface area (Å²) in [6.45, 7) is 4.03. The molecule has 0 saturated carbocycles. The molecular formula is C19H20N2O2S. The Morgan fingerprint density at radius 1 is 1.12 bits per heavy atom. The molecule has 5 heteroatoms. The van der Waals surface area contributed by atoms with Crippen molar-refractivity contribution in [1.29, 1.82) is 0 Å². The zero-order valence-electron chi connectivity index (χ0n) is 13.7. The summed E-state index contributed by atoms with van der Waals surface area (Å²) in [5, 5.41) is 2.87. The molecule has 3 rings (SSSR count). The van der Waals surface area contributed by atoms with Crippen LogP contribution in [0, 0.1) is 0 Å². The van der Waals surface area contributed by atoms with Crippen molar-refractivity contribution in [3.8, 4) is 0 Å². The van der Waals surface area contributed by atoms with E-state index in [1.807, 2.05) is 48.5 Å². The van der Waals surface area contributed by atoms with Crippen LogP contribution in [-0.4, -0.2) is 21.6 Å². The molecule has 24 heavy (non-hydrogen) atoms. The predicted molar refractivity (Wildman–Crippen MR) is 96.7 cm³/mol. The molecule has 0 aliphatic carbocycles. The minimum Gasteiger partial charge on any atom is -0.340 e. The number of carbonyl (C=O) groups is 2. The van der Waals surface area contributed by atoms with Gasteiger partial charge in [0.15, 0.2) is 0 Å². The normalized spacial score (nSPS) is 15.1. The molecule has 0 radical (unpaired) electrons. The lowest BCUT2D eigenvalue weighted by Gasteiger charge is -2.30. The van der Waals surface area contributed by atoms with Crippen molar-refractivity contribution in [3.63, 3.8) is 0 Å². The average Bonchev–Trinajstić information content (AvgIpc) is 2.84. The highest BCUT2D eigenvalue weighted by Crippen LogP contribution is 2.32. The molecule has 1 aliphatic heterocycles. The first kappa shape index (κ1) is 16.6. The SMILES string of the molecule is CC(C)(S)NC(=O)[C@H](c1ccccc1)N1Cc2ccccc2C1=O. The van der Waals surface area contributed by atoms with Crippen molar-refractivity contribution in [2.45, 2.75) is 31.3 Å². The van der Waals surface area contributed by atoms with Gasteiger partial charge >= 0.3 is 0 Å². The maximum atomic E-state index is 12.9.